The number of benzene rings is 1. The van der Waals surface area contributed by atoms with Gasteiger partial charge in [0.05, 0.1) is 0 Å². The van der Waals surface area contributed by atoms with Gasteiger partial charge >= 0.3 is 6.09 Å². The number of aryl methyl sites for hydroxylation is 1. The Balaban J connectivity index is 0.000000253. The fourth-order valence-electron chi connectivity index (χ4n) is 2.64. The van der Waals surface area contributed by atoms with Crippen LogP contribution in [0.15, 0.2) is 72.8 Å². The highest BCUT2D eigenvalue weighted by Gasteiger charge is 2.21. The topological polar surface area (TPSA) is 76.6 Å². The molecule has 0 saturated carbocycles. The molecule has 1 aromatic carbocycles. The number of ether oxygens (including phenoxy) is 1. The molecule has 6 heteroatoms. The molecule has 1 atom stereocenters. The van der Waals surface area contributed by atoms with Gasteiger partial charge in [-0.3, -0.25) is 19.5 Å². The monoisotopic (exact) mass is 392 g/mol. The summed E-state index contributed by atoms with van der Waals surface area (Å²) in [5, 5.41) is 0. The maximum Gasteiger partial charge on any atom is 0.423 e. The molecule has 2 aromatic rings. The van der Waals surface area contributed by atoms with E-state index < -0.39 is 6.09 Å². The number of carbonyl (C=O) groups is 3. The van der Waals surface area contributed by atoms with Crippen LogP contribution in [0.3, 0.4) is 0 Å². The third-order valence-corrected chi connectivity index (χ3v) is 4.29. The second-order valence-corrected chi connectivity index (χ2v) is 6.61. The maximum absolute atomic E-state index is 11.9. The van der Waals surface area contributed by atoms with Crippen molar-refractivity contribution in [2.45, 2.75) is 27.7 Å². The molecule has 3 rings (SSSR count). The van der Waals surface area contributed by atoms with Gasteiger partial charge in [-0.15, -0.1) is 0 Å². The zero-order valence-corrected chi connectivity index (χ0v) is 17.0. The molecule has 0 aliphatic carbocycles. The van der Waals surface area contributed by atoms with Crippen LogP contribution in [-0.2, 0) is 4.79 Å². The normalized spacial score (nSPS) is 15.0. The highest BCUT2D eigenvalue weighted by atomic mass is 16.6. The van der Waals surface area contributed by atoms with Crippen LogP contribution < -0.4 is 4.74 Å². The zero-order chi connectivity index (χ0) is 21.4. The molecule has 0 N–H and O–H groups in total. The summed E-state index contributed by atoms with van der Waals surface area (Å²) in [5.41, 5.74) is 2.29. The average Bonchev–Trinajstić information content (AvgIpc) is 2.69. The van der Waals surface area contributed by atoms with Crippen molar-refractivity contribution in [3.63, 3.8) is 0 Å². The van der Waals surface area contributed by atoms with Gasteiger partial charge in [0.2, 0.25) is 0 Å². The third kappa shape index (κ3) is 6.24. The molecule has 1 amide bonds. The number of hydrogen-bond acceptors (Lipinski definition) is 5. The predicted molar refractivity (Wildman–Crippen MR) is 110 cm³/mol. The lowest BCUT2D eigenvalue weighted by molar-refractivity contribution is -0.114. The third-order valence-electron chi connectivity index (χ3n) is 4.29. The van der Waals surface area contributed by atoms with Crippen LogP contribution in [0.4, 0.5) is 4.79 Å². The lowest BCUT2D eigenvalue weighted by Crippen LogP contribution is -2.28. The van der Waals surface area contributed by atoms with E-state index in [1.807, 2.05) is 26.0 Å². The highest BCUT2D eigenvalue weighted by Crippen LogP contribution is 2.21. The van der Waals surface area contributed by atoms with Gasteiger partial charge in [-0.1, -0.05) is 31.2 Å². The van der Waals surface area contributed by atoms with Crippen LogP contribution in [-0.4, -0.2) is 27.5 Å². The summed E-state index contributed by atoms with van der Waals surface area (Å²) < 4.78 is 5.20. The Morgan fingerprint density at radius 3 is 2.28 bits per heavy atom. The van der Waals surface area contributed by atoms with Gasteiger partial charge in [0.15, 0.2) is 11.6 Å². The summed E-state index contributed by atoms with van der Waals surface area (Å²) in [6, 6.07) is 10.6. The van der Waals surface area contributed by atoms with Crippen molar-refractivity contribution >= 4 is 17.7 Å². The lowest BCUT2D eigenvalue weighted by Gasteiger charge is -2.21. The van der Waals surface area contributed by atoms with Crippen molar-refractivity contribution in [2.75, 3.05) is 0 Å². The Labute approximate surface area is 170 Å². The maximum atomic E-state index is 11.9. The summed E-state index contributed by atoms with van der Waals surface area (Å²) in [6.45, 7) is 6.84. The smallest absolute Gasteiger partial charge is 0.410 e. The molecule has 0 bridgehead atoms. The highest BCUT2D eigenvalue weighted by molar-refractivity contribution is 5.95. The molecule has 29 heavy (non-hydrogen) atoms. The zero-order valence-electron chi connectivity index (χ0n) is 17.0. The molecule has 150 valence electrons. The number of allylic oxidation sites excluding steroid dienone is 2. The Hall–Kier alpha value is -3.54. The molecule has 1 unspecified atom stereocenters. The molecule has 2 heterocycles. The minimum Gasteiger partial charge on any atom is -0.410 e. The van der Waals surface area contributed by atoms with Crippen molar-refractivity contribution in [2.24, 2.45) is 5.92 Å². The van der Waals surface area contributed by atoms with E-state index in [9.17, 15) is 14.4 Å². The number of para-hydroxylation sites is 1. The first-order valence-corrected chi connectivity index (χ1v) is 9.17. The van der Waals surface area contributed by atoms with Crippen molar-refractivity contribution < 1.29 is 19.1 Å². The molecule has 0 radical (unpaired) electrons. The second kappa shape index (κ2) is 10.1. The first-order valence-electron chi connectivity index (χ1n) is 9.17. The van der Waals surface area contributed by atoms with Gasteiger partial charge in [0.25, 0.3) is 0 Å². The van der Waals surface area contributed by atoms with E-state index in [0.29, 0.717) is 16.9 Å². The van der Waals surface area contributed by atoms with E-state index >= 15 is 0 Å². The lowest BCUT2D eigenvalue weighted by atomic mass is 9.97. The fraction of sp³-hybridized carbons (Fsp3) is 0.217. The molecule has 6 nitrogen and oxygen atoms in total. The number of hydrogen-bond donors (Lipinski definition) is 0. The summed E-state index contributed by atoms with van der Waals surface area (Å²) >= 11 is 0. The molecular formula is C23H24N2O4. The van der Waals surface area contributed by atoms with Crippen LogP contribution in [0.1, 0.15) is 36.7 Å². The van der Waals surface area contributed by atoms with Crippen LogP contribution in [0, 0.1) is 12.8 Å². The molecular weight excluding hydrogens is 368 g/mol. The van der Waals surface area contributed by atoms with Crippen LogP contribution in [0.2, 0.25) is 0 Å². The van der Waals surface area contributed by atoms with Gasteiger partial charge in [0, 0.05) is 41.8 Å². The quantitative estimate of drug-likeness (QED) is 0.707. The van der Waals surface area contributed by atoms with Crippen molar-refractivity contribution in [3.8, 4) is 5.75 Å². The first-order chi connectivity index (χ1) is 13.8. The van der Waals surface area contributed by atoms with Crippen LogP contribution >= 0.6 is 0 Å². The number of Topliss-reactive ketones (excluding diaryl/α,β-unsaturated/α-hetero) is 2. The second-order valence-electron chi connectivity index (χ2n) is 6.61. The van der Waals surface area contributed by atoms with Crippen molar-refractivity contribution in [3.05, 3.63) is 84.0 Å². The SMILES string of the molecule is CC(=O)C1=CN(C(=O)Oc2ccccc2)C=CC1C.CC(=O)c1cnccc1C. The van der Waals surface area contributed by atoms with Crippen LogP contribution in [0.5, 0.6) is 5.75 Å². The number of ketones is 2. The van der Waals surface area contributed by atoms with Gasteiger partial charge in [0.1, 0.15) is 5.75 Å². The Morgan fingerprint density at radius 1 is 1.03 bits per heavy atom. The predicted octanol–water partition coefficient (Wildman–Crippen LogP) is 4.72. The van der Waals surface area contributed by atoms with E-state index in [1.54, 1.807) is 55.9 Å². The number of aromatic nitrogens is 1. The minimum atomic E-state index is -0.534. The van der Waals surface area contributed by atoms with E-state index in [4.69, 9.17) is 4.74 Å². The largest absolute Gasteiger partial charge is 0.423 e. The summed E-state index contributed by atoms with van der Waals surface area (Å²) in [7, 11) is 0. The number of amides is 1. The van der Waals surface area contributed by atoms with Gasteiger partial charge in [-0.05, 0) is 44.5 Å². The van der Waals surface area contributed by atoms with Gasteiger partial charge < -0.3 is 4.74 Å². The molecule has 0 saturated heterocycles. The van der Waals surface area contributed by atoms with Crippen molar-refractivity contribution in [1.29, 1.82) is 0 Å². The first kappa shape index (κ1) is 21.8. The molecule has 0 spiro atoms. The Kier molecular flexibility index (Phi) is 7.60. The molecule has 1 aromatic heterocycles. The fourth-order valence-corrected chi connectivity index (χ4v) is 2.64. The van der Waals surface area contributed by atoms with Gasteiger partial charge in [-0.2, -0.15) is 0 Å². The van der Waals surface area contributed by atoms with E-state index in [2.05, 4.69) is 4.98 Å². The summed E-state index contributed by atoms with van der Waals surface area (Å²) in [6.07, 6.45) is 7.68. The van der Waals surface area contributed by atoms with E-state index in [0.717, 1.165) is 5.56 Å². The molecule has 1 aliphatic rings. The number of pyridine rings is 1. The number of rotatable bonds is 3. The Morgan fingerprint density at radius 2 is 1.72 bits per heavy atom. The van der Waals surface area contributed by atoms with E-state index in [1.165, 1.54) is 18.0 Å². The van der Waals surface area contributed by atoms with Crippen molar-refractivity contribution in [1.82, 2.24) is 9.88 Å². The Bertz CT molecular complexity index is 948. The van der Waals surface area contributed by atoms with Gasteiger partial charge in [-0.25, -0.2) is 4.79 Å². The number of carbonyl (C=O) groups excluding carboxylic acids is 3. The number of nitrogens with zero attached hydrogens (tertiary/aromatic N) is 2. The summed E-state index contributed by atoms with van der Waals surface area (Å²) in [5.74, 6) is 0.510. The van der Waals surface area contributed by atoms with E-state index in [-0.39, 0.29) is 17.5 Å². The van der Waals surface area contributed by atoms with Crippen LogP contribution in [0.25, 0.3) is 0 Å². The average molecular weight is 392 g/mol. The minimum absolute atomic E-state index is 0.0123. The summed E-state index contributed by atoms with van der Waals surface area (Å²) in [4.78, 5) is 39.3. The standard InChI is InChI=1S/C15H15NO3.C8H9NO/c1-11-8-9-16(10-14(11)12(2)17)15(18)19-13-6-4-3-5-7-13;1-6-3-4-9-5-8(6)7(2)10/h3-11H,1-2H3;3-5H,1-2H3. The molecule has 0 fully saturated rings. The molecule has 1 aliphatic heterocycles.